The highest BCUT2D eigenvalue weighted by Gasteiger charge is 2.19. The van der Waals surface area contributed by atoms with Gasteiger partial charge in [0.25, 0.3) is 0 Å². The highest BCUT2D eigenvalue weighted by molar-refractivity contribution is 9.10. The topological polar surface area (TPSA) is 15.3 Å². The normalized spacial score (nSPS) is 17.5. The molecule has 1 aromatic carbocycles. The summed E-state index contributed by atoms with van der Waals surface area (Å²) < 4.78 is 1.09. The lowest BCUT2D eigenvalue weighted by Gasteiger charge is -2.33. The molecule has 1 saturated heterocycles. The van der Waals surface area contributed by atoms with Crippen molar-refractivity contribution in [1.29, 1.82) is 0 Å². The summed E-state index contributed by atoms with van der Waals surface area (Å²) >= 11 is 9.75. The number of hydrogen-bond acceptors (Lipinski definition) is 2. The molecule has 6 heteroatoms. The third kappa shape index (κ3) is 4.55. The van der Waals surface area contributed by atoms with E-state index in [4.69, 9.17) is 11.6 Å². The van der Waals surface area contributed by atoms with E-state index in [1.165, 1.54) is 5.56 Å². The monoisotopic (exact) mass is 374 g/mol. The Morgan fingerprint density at radius 2 is 1.89 bits per heavy atom. The van der Waals surface area contributed by atoms with Gasteiger partial charge in [-0.15, -0.1) is 24.8 Å². The molecule has 1 heterocycles. The fourth-order valence-corrected chi connectivity index (χ4v) is 2.76. The van der Waals surface area contributed by atoms with Crippen molar-refractivity contribution in [2.24, 2.45) is 0 Å². The molecule has 0 saturated carbocycles. The van der Waals surface area contributed by atoms with Gasteiger partial charge in [-0.3, -0.25) is 4.90 Å². The van der Waals surface area contributed by atoms with Gasteiger partial charge in [0, 0.05) is 41.7 Å². The Labute approximate surface area is 134 Å². The fourth-order valence-electron chi connectivity index (χ4n) is 2.10. The molecule has 0 radical (unpaired) electrons. The van der Waals surface area contributed by atoms with Crippen LogP contribution in [0.15, 0.2) is 22.7 Å². The molecule has 1 atom stereocenters. The minimum Gasteiger partial charge on any atom is -0.314 e. The van der Waals surface area contributed by atoms with Crippen LogP contribution in [-0.2, 0) is 0 Å². The first-order valence-corrected chi connectivity index (χ1v) is 6.75. The molecule has 2 rings (SSSR count). The lowest BCUT2D eigenvalue weighted by Crippen LogP contribution is -2.44. The van der Waals surface area contributed by atoms with Gasteiger partial charge in [-0.25, -0.2) is 0 Å². The van der Waals surface area contributed by atoms with E-state index in [0.717, 1.165) is 35.7 Å². The lowest BCUT2D eigenvalue weighted by atomic mass is 10.1. The molecule has 0 amide bonds. The van der Waals surface area contributed by atoms with E-state index in [9.17, 15) is 0 Å². The van der Waals surface area contributed by atoms with Gasteiger partial charge in [0.1, 0.15) is 0 Å². The van der Waals surface area contributed by atoms with E-state index in [1.807, 2.05) is 12.1 Å². The number of rotatable bonds is 2. The maximum Gasteiger partial charge on any atom is 0.0454 e. The van der Waals surface area contributed by atoms with Crippen molar-refractivity contribution in [1.82, 2.24) is 10.2 Å². The van der Waals surface area contributed by atoms with Crippen LogP contribution in [0.4, 0.5) is 0 Å². The van der Waals surface area contributed by atoms with Gasteiger partial charge in [-0.2, -0.15) is 0 Å². The zero-order valence-corrected chi connectivity index (χ0v) is 14.1. The zero-order chi connectivity index (χ0) is 11.5. The number of piperazine rings is 1. The number of halogens is 4. The first-order valence-electron chi connectivity index (χ1n) is 5.58. The third-order valence-electron chi connectivity index (χ3n) is 3.11. The van der Waals surface area contributed by atoms with Gasteiger partial charge in [0.05, 0.1) is 0 Å². The Hall–Kier alpha value is 0.490. The van der Waals surface area contributed by atoms with Crippen LogP contribution in [0, 0.1) is 0 Å². The Morgan fingerprint density at radius 3 is 2.50 bits per heavy atom. The average molecular weight is 377 g/mol. The molecule has 1 aliphatic rings. The molecule has 1 aromatic rings. The largest absolute Gasteiger partial charge is 0.314 e. The highest BCUT2D eigenvalue weighted by Crippen LogP contribution is 2.29. The lowest BCUT2D eigenvalue weighted by molar-refractivity contribution is 0.185. The molecule has 18 heavy (non-hydrogen) atoms. The summed E-state index contributed by atoms with van der Waals surface area (Å²) in [5.74, 6) is 0. The Morgan fingerprint density at radius 1 is 1.28 bits per heavy atom. The van der Waals surface area contributed by atoms with Crippen molar-refractivity contribution >= 4 is 52.3 Å². The fraction of sp³-hybridized carbons (Fsp3) is 0.500. The smallest absolute Gasteiger partial charge is 0.0454 e. The third-order valence-corrected chi connectivity index (χ3v) is 3.94. The molecule has 0 bridgehead atoms. The summed E-state index contributed by atoms with van der Waals surface area (Å²) in [6, 6.07) is 6.44. The molecule has 0 aromatic heterocycles. The van der Waals surface area contributed by atoms with Crippen LogP contribution in [0.1, 0.15) is 18.5 Å². The van der Waals surface area contributed by atoms with E-state index in [2.05, 4.69) is 39.1 Å². The van der Waals surface area contributed by atoms with Gasteiger partial charge in [0.2, 0.25) is 0 Å². The summed E-state index contributed by atoms with van der Waals surface area (Å²) in [5.41, 5.74) is 1.21. The van der Waals surface area contributed by atoms with Gasteiger partial charge in [-0.05, 0) is 30.7 Å². The van der Waals surface area contributed by atoms with Crippen molar-refractivity contribution in [2.75, 3.05) is 26.2 Å². The van der Waals surface area contributed by atoms with Crippen LogP contribution in [0.3, 0.4) is 0 Å². The number of benzene rings is 1. The summed E-state index contributed by atoms with van der Waals surface area (Å²) in [6.07, 6.45) is 0. The first kappa shape index (κ1) is 18.5. The van der Waals surface area contributed by atoms with Crippen molar-refractivity contribution < 1.29 is 0 Å². The van der Waals surface area contributed by atoms with Crippen LogP contribution in [-0.4, -0.2) is 31.1 Å². The summed E-state index contributed by atoms with van der Waals surface area (Å²) in [4.78, 5) is 2.46. The van der Waals surface area contributed by atoms with Crippen LogP contribution >= 0.6 is 52.3 Å². The molecular formula is C12H18BrCl3N2. The number of nitrogens with one attached hydrogen (secondary N) is 1. The predicted molar refractivity (Wildman–Crippen MR) is 86.5 cm³/mol. The summed E-state index contributed by atoms with van der Waals surface area (Å²) in [5, 5.41) is 4.22. The summed E-state index contributed by atoms with van der Waals surface area (Å²) in [6.45, 7) is 6.53. The predicted octanol–water partition coefficient (Wildman–Crippen LogP) is 3.91. The van der Waals surface area contributed by atoms with Crippen molar-refractivity contribution in [2.45, 2.75) is 13.0 Å². The van der Waals surface area contributed by atoms with Crippen molar-refractivity contribution in [3.63, 3.8) is 0 Å². The minimum atomic E-state index is 0. The molecule has 1 N–H and O–H groups in total. The average Bonchev–Trinajstić information content (AvgIpc) is 2.32. The number of nitrogens with zero attached hydrogens (tertiary/aromatic N) is 1. The van der Waals surface area contributed by atoms with E-state index >= 15 is 0 Å². The van der Waals surface area contributed by atoms with Crippen molar-refractivity contribution in [3.8, 4) is 0 Å². The van der Waals surface area contributed by atoms with Crippen molar-refractivity contribution in [3.05, 3.63) is 33.3 Å². The number of hydrogen-bond donors (Lipinski definition) is 1. The van der Waals surface area contributed by atoms with Gasteiger partial charge < -0.3 is 5.32 Å². The summed E-state index contributed by atoms with van der Waals surface area (Å²) in [7, 11) is 0. The molecule has 1 fully saturated rings. The maximum absolute atomic E-state index is 6.25. The first-order chi connectivity index (χ1) is 7.68. The standard InChI is InChI=1S/C12H16BrClN2.2ClH/c1-9(16-6-4-15-5-7-16)11-8-10(13)2-3-12(11)14;;/h2-3,8-9,15H,4-7H2,1H3;2*1H/t9-;;/m1../s1. The molecule has 104 valence electrons. The maximum atomic E-state index is 6.25. The van der Waals surface area contributed by atoms with Gasteiger partial charge in [-0.1, -0.05) is 27.5 Å². The van der Waals surface area contributed by atoms with Gasteiger partial charge >= 0.3 is 0 Å². The Bertz CT molecular complexity index is 370. The Kier molecular flexibility index (Phi) is 8.85. The molecular weight excluding hydrogens is 358 g/mol. The highest BCUT2D eigenvalue weighted by atomic mass is 79.9. The van der Waals surface area contributed by atoms with E-state index in [-0.39, 0.29) is 24.8 Å². The minimum absolute atomic E-state index is 0. The molecule has 1 aliphatic heterocycles. The second-order valence-electron chi connectivity index (χ2n) is 4.13. The molecule has 0 unspecified atom stereocenters. The quantitative estimate of drug-likeness (QED) is 0.842. The molecule has 0 spiro atoms. The van der Waals surface area contributed by atoms with E-state index in [1.54, 1.807) is 0 Å². The Balaban J connectivity index is 0.00000144. The van der Waals surface area contributed by atoms with Crippen LogP contribution in [0.25, 0.3) is 0 Å². The second kappa shape index (κ2) is 8.62. The zero-order valence-electron chi connectivity index (χ0n) is 10.2. The van der Waals surface area contributed by atoms with E-state index < -0.39 is 0 Å². The molecule has 2 nitrogen and oxygen atoms in total. The van der Waals surface area contributed by atoms with Gasteiger partial charge in [0.15, 0.2) is 0 Å². The second-order valence-corrected chi connectivity index (χ2v) is 5.45. The SMILES string of the molecule is C[C@H](c1cc(Br)ccc1Cl)N1CCNCC1.Cl.Cl. The van der Waals surface area contributed by atoms with Crippen LogP contribution < -0.4 is 5.32 Å². The molecule has 0 aliphatic carbocycles. The van der Waals surface area contributed by atoms with E-state index in [0.29, 0.717) is 6.04 Å². The van der Waals surface area contributed by atoms with Crippen LogP contribution in [0.2, 0.25) is 5.02 Å². The van der Waals surface area contributed by atoms with Crippen LogP contribution in [0.5, 0.6) is 0 Å².